The fourth-order valence-corrected chi connectivity index (χ4v) is 13.5. The van der Waals surface area contributed by atoms with Crippen molar-refractivity contribution >= 4 is 151 Å². The molecule has 6 aromatic rings. The predicted molar refractivity (Wildman–Crippen MR) is 308 cm³/mol. The summed E-state index contributed by atoms with van der Waals surface area (Å²) in [4.78, 5) is 33.8. The van der Waals surface area contributed by atoms with E-state index in [1.54, 1.807) is 45.0 Å². The number of benzene rings is 6. The third kappa shape index (κ3) is 13.7. The van der Waals surface area contributed by atoms with Gasteiger partial charge in [0.25, 0.3) is 5.24 Å². The number of aryl methyl sites for hydroxylation is 3. The predicted octanol–water partition coefficient (Wildman–Crippen LogP) is 19.0. The summed E-state index contributed by atoms with van der Waals surface area (Å²) in [7, 11) is 0. The van der Waals surface area contributed by atoms with E-state index < -0.39 is 56.3 Å². The number of aromatic carboxylic acids is 1. The average Bonchev–Trinajstić information content (AvgIpc) is 4.35. The first-order valence-corrected chi connectivity index (χ1v) is 28.0. The summed E-state index contributed by atoms with van der Waals surface area (Å²) in [6.45, 7) is 4.92. The molecule has 0 spiro atoms. The maximum atomic E-state index is 14.1. The van der Waals surface area contributed by atoms with E-state index in [0.29, 0.717) is 80.4 Å². The minimum atomic E-state index is -4.60. The van der Waals surface area contributed by atoms with Crippen LogP contribution in [0.15, 0.2) is 122 Å². The molecule has 6 aromatic carbocycles. The molecule has 3 atom stereocenters. The van der Waals surface area contributed by atoms with Crippen LogP contribution in [0, 0.1) is 20.8 Å². The van der Waals surface area contributed by atoms with Gasteiger partial charge in [0, 0.05) is 60.5 Å². The standard InChI is InChI=1S/C18H11Cl3F3NOS.C18H13Cl2F3N2OS.C18H12Cl2F3NO2S/c1-9-4-10(2-3-14(9)16(21)26)15-8-17(27-25-15,18(22,23)24)11-5-12(19)7-13(20)6-11;1-9-4-10(2-3-14(9)16(24)26)15-8-17(27-25-15,18(21,22)23)11-5-12(19)7-13(20)6-11;1-9-4-10(2-3-14(9)16(25)26)15-8-17(27-24-15,18(21,22)23)11-5-12(19)7-13(20)6-11/h2-7H,8H2,1H3;2-7H,8H2,1H3,(H2,24,26);2-7H,8H2,1H3,(H,25,26). The quantitative estimate of drug-likeness (QED) is 0.0836. The van der Waals surface area contributed by atoms with Crippen LogP contribution >= 0.6 is 117 Å². The van der Waals surface area contributed by atoms with Crippen molar-refractivity contribution in [1.29, 1.82) is 0 Å². The maximum Gasteiger partial charge on any atom is 0.409 e. The molecule has 0 bridgehead atoms. The number of hydrogen-bond donors (Lipinski definition) is 2. The van der Waals surface area contributed by atoms with E-state index in [0.717, 1.165) is 0 Å². The Morgan fingerprint density at radius 2 is 0.716 bits per heavy atom. The van der Waals surface area contributed by atoms with Crippen molar-refractivity contribution in [2.45, 2.75) is 72.8 Å². The van der Waals surface area contributed by atoms with Gasteiger partial charge in [0.15, 0.2) is 14.2 Å². The Morgan fingerprint density at radius 1 is 0.457 bits per heavy atom. The van der Waals surface area contributed by atoms with Crippen LogP contribution < -0.4 is 5.73 Å². The van der Waals surface area contributed by atoms with Crippen molar-refractivity contribution in [1.82, 2.24) is 0 Å². The number of carboxylic acid groups (broad SMARTS) is 1. The van der Waals surface area contributed by atoms with Crippen LogP contribution in [0.2, 0.25) is 30.1 Å². The summed E-state index contributed by atoms with van der Waals surface area (Å²) in [6, 6.07) is 25.3. The van der Waals surface area contributed by atoms with Crippen molar-refractivity contribution in [3.63, 3.8) is 0 Å². The Balaban J connectivity index is 0.000000175. The first-order chi connectivity index (χ1) is 37.6. The van der Waals surface area contributed by atoms with E-state index in [1.165, 1.54) is 84.9 Å². The number of carboxylic acids is 1. The van der Waals surface area contributed by atoms with Crippen LogP contribution in [0.3, 0.4) is 0 Å². The Hall–Kier alpha value is -4.61. The number of rotatable bonds is 9. The van der Waals surface area contributed by atoms with Gasteiger partial charge in [0.05, 0.1) is 22.7 Å². The van der Waals surface area contributed by atoms with Gasteiger partial charge in [-0.1, -0.05) is 87.8 Å². The van der Waals surface area contributed by atoms with Crippen molar-refractivity contribution in [3.8, 4) is 0 Å². The van der Waals surface area contributed by atoms with Crippen molar-refractivity contribution in [3.05, 3.63) is 206 Å². The Kier molecular flexibility index (Phi) is 19.4. The number of amides is 1. The second-order valence-corrected chi connectivity index (χ2v) is 24.5. The fraction of sp³-hybridized carbons (Fsp3) is 0.222. The average molecular weight is 1320 g/mol. The number of nitrogens with zero attached hydrogens (tertiary/aromatic N) is 3. The Labute approximate surface area is 504 Å². The highest BCUT2D eigenvalue weighted by atomic mass is 35.5. The maximum absolute atomic E-state index is 14.1. The molecule has 0 saturated heterocycles. The molecular formula is C54H36Cl7F9N4O4S3. The number of nitrogens with two attached hydrogens (primary N) is 1. The van der Waals surface area contributed by atoms with Gasteiger partial charge in [0.2, 0.25) is 5.91 Å². The number of halogens is 16. The second-order valence-electron chi connectivity index (χ2n) is 18.4. The van der Waals surface area contributed by atoms with E-state index in [1.807, 2.05) is 0 Å². The van der Waals surface area contributed by atoms with Gasteiger partial charge in [-0.3, -0.25) is 9.59 Å². The number of carbonyl (C=O) groups excluding carboxylic acids is 2. The van der Waals surface area contributed by atoms with Crippen LogP contribution in [0.1, 0.15) is 100 Å². The normalized spacial score (nSPS) is 19.9. The minimum absolute atomic E-state index is 0.0540. The van der Waals surface area contributed by atoms with Gasteiger partial charge in [-0.25, -0.2) is 18.0 Å². The first-order valence-electron chi connectivity index (χ1n) is 23.0. The summed E-state index contributed by atoms with van der Waals surface area (Å²) in [5, 5.41) is 9.18. The van der Waals surface area contributed by atoms with Crippen LogP contribution in [0.4, 0.5) is 39.5 Å². The zero-order valence-corrected chi connectivity index (χ0v) is 49.1. The summed E-state index contributed by atoms with van der Waals surface area (Å²) < 4.78 is 132. The van der Waals surface area contributed by atoms with E-state index in [4.69, 9.17) is 92.0 Å². The molecule has 3 aliphatic rings. The minimum Gasteiger partial charge on any atom is -0.478 e. The molecule has 0 aromatic heterocycles. The molecular weight excluding hydrogens is 1280 g/mol. The zero-order valence-electron chi connectivity index (χ0n) is 41.4. The lowest BCUT2D eigenvalue weighted by Gasteiger charge is -2.30. The topological polar surface area (TPSA) is 135 Å². The lowest BCUT2D eigenvalue weighted by atomic mass is 9.89. The van der Waals surface area contributed by atoms with Crippen LogP contribution in [-0.4, -0.2) is 57.9 Å². The molecule has 81 heavy (non-hydrogen) atoms. The Morgan fingerprint density at radius 3 is 0.938 bits per heavy atom. The van der Waals surface area contributed by atoms with Gasteiger partial charge in [-0.05, 0) is 209 Å². The first kappa shape index (κ1) is 64.0. The molecule has 27 heteroatoms. The molecule has 1 amide bonds. The highest BCUT2D eigenvalue weighted by molar-refractivity contribution is 8.00. The summed E-state index contributed by atoms with van der Waals surface area (Å²) in [5.41, 5.74) is 9.61. The summed E-state index contributed by atoms with van der Waals surface area (Å²) >= 11 is 42.3. The second kappa shape index (κ2) is 24.5. The van der Waals surface area contributed by atoms with Crippen molar-refractivity contribution in [2.24, 2.45) is 18.9 Å². The van der Waals surface area contributed by atoms with Crippen molar-refractivity contribution in [2.75, 3.05) is 0 Å². The highest BCUT2D eigenvalue weighted by Gasteiger charge is 2.62. The number of primary amides is 1. The number of hydrogen-bond acceptors (Lipinski definition) is 9. The van der Waals surface area contributed by atoms with Gasteiger partial charge in [0.1, 0.15) is 0 Å². The van der Waals surface area contributed by atoms with Gasteiger partial charge >= 0.3 is 24.5 Å². The third-order valence-corrected chi connectivity index (χ3v) is 18.1. The van der Waals surface area contributed by atoms with E-state index in [2.05, 4.69) is 13.2 Å². The van der Waals surface area contributed by atoms with Gasteiger partial charge in [-0.15, -0.1) is 0 Å². The number of alkyl halides is 9. The summed E-state index contributed by atoms with van der Waals surface area (Å²) in [6.07, 6.45) is -15.0. The van der Waals surface area contributed by atoms with Gasteiger partial charge in [-0.2, -0.15) is 39.5 Å². The zero-order chi connectivity index (χ0) is 59.9. The molecule has 0 radical (unpaired) electrons. The third-order valence-electron chi connectivity index (χ3n) is 12.9. The SMILES string of the molecule is Cc1cc(C2=NSC(c3cc(Cl)cc(Cl)c3)(C(F)(F)F)C2)ccc1C(=O)Cl.Cc1cc(C2=NSC(c3cc(Cl)cc(Cl)c3)(C(F)(F)F)C2)ccc1C(=O)O.Cc1cc(C2=NSC(c3cc(Cl)cc(Cl)c3)(C(F)(F)F)C2)ccc1C(N)=O. The molecule has 3 aliphatic heterocycles. The van der Waals surface area contributed by atoms with Gasteiger partial charge < -0.3 is 10.8 Å². The lowest BCUT2D eigenvalue weighted by Crippen LogP contribution is -2.38. The van der Waals surface area contributed by atoms with E-state index >= 15 is 0 Å². The number of carbonyl (C=O) groups is 3. The Bertz CT molecular complexity index is 3190. The largest absolute Gasteiger partial charge is 0.478 e. The van der Waals surface area contributed by atoms with Crippen molar-refractivity contribution < 1.29 is 59.0 Å². The molecule has 426 valence electrons. The molecule has 0 aliphatic carbocycles. The lowest BCUT2D eigenvalue weighted by molar-refractivity contribution is -0.160. The molecule has 9 rings (SSSR count). The molecule has 8 nitrogen and oxygen atoms in total. The van der Waals surface area contributed by atoms with E-state index in [-0.39, 0.29) is 82.4 Å². The van der Waals surface area contributed by atoms with Crippen LogP contribution in [0.25, 0.3) is 0 Å². The molecule has 0 fully saturated rings. The fourth-order valence-electron chi connectivity index (χ4n) is 8.80. The smallest absolute Gasteiger partial charge is 0.409 e. The molecule has 3 N–H and O–H groups in total. The summed E-state index contributed by atoms with van der Waals surface area (Å²) in [5.74, 6) is -1.69. The molecule has 0 saturated carbocycles. The van der Waals surface area contributed by atoms with E-state index in [9.17, 15) is 53.9 Å². The monoisotopic (exact) mass is 1320 g/mol. The highest BCUT2D eigenvalue weighted by Crippen LogP contribution is 2.60. The molecule has 3 unspecified atom stereocenters. The van der Waals surface area contributed by atoms with Crippen LogP contribution in [0.5, 0.6) is 0 Å². The molecule has 3 heterocycles. The van der Waals surface area contributed by atoms with Crippen LogP contribution in [-0.2, 0) is 14.2 Å².